The molecule has 1 heterocycles. The summed E-state index contributed by atoms with van der Waals surface area (Å²) in [5.41, 5.74) is 2.40. The average molecular weight is 533 g/mol. The van der Waals surface area contributed by atoms with Crippen LogP contribution in [-0.2, 0) is 13.0 Å². The van der Waals surface area contributed by atoms with Crippen LogP contribution in [0.25, 0.3) is 10.9 Å². The maximum atomic E-state index is 13.6. The molecule has 3 aromatic carbocycles. The molecule has 7 heteroatoms. The number of halogens is 1. The number of fused-ring (bicyclic) bond motifs is 1. The second-order valence-corrected chi connectivity index (χ2v) is 9.41. The molecule has 2 amide bonds. The fourth-order valence-corrected chi connectivity index (χ4v) is 4.61. The van der Waals surface area contributed by atoms with Gasteiger partial charge in [0.05, 0.1) is 16.9 Å². The first-order valence-corrected chi connectivity index (χ1v) is 12.6. The molecule has 0 aliphatic rings. The number of rotatable bonds is 8. The van der Waals surface area contributed by atoms with Crippen molar-refractivity contribution in [1.29, 1.82) is 0 Å². The highest BCUT2D eigenvalue weighted by atomic mass is 79.9. The molecule has 0 bridgehead atoms. The number of para-hydroxylation sites is 1. The van der Waals surface area contributed by atoms with E-state index in [2.05, 4.69) is 33.4 Å². The van der Waals surface area contributed by atoms with Crippen molar-refractivity contribution in [3.05, 3.63) is 105 Å². The van der Waals surface area contributed by atoms with Crippen LogP contribution in [0.15, 0.2) is 88.1 Å². The third-order valence-electron chi connectivity index (χ3n) is 6.00. The summed E-state index contributed by atoms with van der Waals surface area (Å²) in [5.74, 6) is 0.591. The van der Waals surface area contributed by atoms with Gasteiger partial charge < -0.3 is 10.2 Å². The molecule has 1 aromatic heterocycles. The van der Waals surface area contributed by atoms with Gasteiger partial charge >= 0.3 is 6.03 Å². The van der Waals surface area contributed by atoms with Crippen molar-refractivity contribution in [1.82, 2.24) is 14.5 Å². The quantitative estimate of drug-likeness (QED) is 0.285. The van der Waals surface area contributed by atoms with Crippen molar-refractivity contribution in [2.24, 2.45) is 0 Å². The molecule has 4 rings (SSSR count). The molecule has 35 heavy (non-hydrogen) atoms. The summed E-state index contributed by atoms with van der Waals surface area (Å²) < 4.78 is 2.60. The second kappa shape index (κ2) is 11.3. The van der Waals surface area contributed by atoms with Gasteiger partial charge in [0, 0.05) is 23.2 Å². The second-order valence-electron chi connectivity index (χ2n) is 8.49. The van der Waals surface area contributed by atoms with Gasteiger partial charge in [-0.2, -0.15) is 0 Å². The summed E-state index contributed by atoms with van der Waals surface area (Å²) in [4.78, 5) is 33.5. The molecule has 0 saturated heterocycles. The Balaban J connectivity index is 1.72. The lowest BCUT2D eigenvalue weighted by atomic mass is 10.1. The Bertz CT molecular complexity index is 1370. The molecule has 1 unspecified atom stereocenters. The number of aromatic nitrogens is 2. The molecule has 0 aliphatic carbocycles. The number of nitrogens with zero attached hydrogens (tertiary/aromatic N) is 3. The van der Waals surface area contributed by atoms with Crippen LogP contribution in [0, 0.1) is 0 Å². The van der Waals surface area contributed by atoms with E-state index in [9.17, 15) is 9.59 Å². The van der Waals surface area contributed by atoms with Gasteiger partial charge in [0.2, 0.25) is 0 Å². The highest BCUT2D eigenvalue weighted by molar-refractivity contribution is 9.10. The maximum absolute atomic E-state index is 13.6. The minimum absolute atomic E-state index is 0.0743. The Morgan fingerprint density at radius 2 is 1.80 bits per heavy atom. The van der Waals surface area contributed by atoms with Gasteiger partial charge in [-0.3, -0.25) is 9.36 Å². The molecule has 1 N–H and O–H groups in total. The average Bonchev–Trinajstić information content (AvgIpc) is 2.86. The van der Waals surface area contributed by atoms with Crippen molar-refractivity contribution in [2.75, 3.05) is 11.9 Å². The molecular weight excluding hydrogens is 504 g/mol. The summed E-state index contributed by atoms with van der Waals surface area (Å²) in [6.45, 7) is 4.98. The van der Waals surface area contributed by atoms with Crippen molar-refractivity contribution in [2.45, 2.75) is 39.3 Å². The fraction of sp³-hybridized carbons (Fsp3) is 0.250. The van der Waals surface area contributed by atoms with Crippen LogP contribution in [0.2, 0.25) is 0 Å². The Kier molecular flexibility index (Phi) is 7.98. The summed E-state index contributed by atoms with van der Waals surface area (Å²) >= 11 is 3.46. The molecule has 180 valence electrons. The Morgan fingerprint density at radius 3 is 2.54 bits per heavy atom. The van der Waals surface area contributed by atoms with E-state index >= 15 is 0 Å². The first-order valence-electron chi connectivity index (χ1n) is 11.8. The van der Waals surface area contributed by atoms with Crippen molar-refractivity contribution in [3.63, 3.8) is 0 Å². The van der Waals surface area contributed by atoms with Crippen LogP contribution in [0.4, 0.5) is 10.5 Å². The predicted octanol–water partition coefficient (Wildman–Crippen LogP) is 6.41. The maximum Gasteiger partial charge on any atom is 0.322 e. The van der Waals surface area contributed by atoms with Gasteiger partial charge in [-0.25, -0.2) is 9.78 Å². The standard InChI is InChI=1S/C28H29BrN4O2/c1-3-17-33-26(31-25-15-8-7-14-24(25)27(33)34)20(2)32(18-16-21-10-5-4-6-11-21)28(35)30-23-13-9-12-22(29)19-23/h4-15,19-20H,3,16-18H2,1-2H3,(H,30,35). The number of carbonyl (C=O) groups excluding carboxylic acids is 1. The zero-order chi connectivity index (χ0) is 24.8. The minimum Gasteiger partial charge on any atom is -0.314 e. The smallest absolute Gasteiger partial charge is 0.314 e. The zero-order valence-electron chi connectivity index (χ0n) is 19.9. The van der Waals surface area contributed by atoms with E-state index in [0.717, 1.165) is 16.5 Å². The van der Waals surface area contributed by atoms with Crippen LogP contribution < -0.4 is 10.9 Å². The molecule has 6 nitrogen and oxygen atoms in total. The van der Waals surface area contributed by atoms with Crippen LogP contribution >= 0.6 is 15.9 Å². The fourth-order valence-electron chi connectivity index (χ4n) is 4.21. The third kappa shape index (κ3) is 5.80. The first-order chi connectivity index (χ1) is 17.0. The summed E-state index contributed by atoms with van der Waals surface area (Å²) in [5, 5.41) is 3.60. The van der Waals surface area contributed by atoms with E-state index in [0.29, 0.717) is 41.9 Å². The Hall–Kier alpha value is -3.45. The summed E-state index contributed by atoms with van der Waals surface area (Å²) in [6.07, 6.45) is 1.47. The number of carbonyl (C=O) groups is 1. The van der Waals surface area contributed by atoms with Crippen LogP contribution in [0.1, 0.15) is 37.7 Å². The highest BCUT2D eigenvalue weighted by Crippen LogP contribution is 2.23. The lowest BCUT2D eigenvalue weighted by molar-refractivity contribution is 0.189. The number of hydrogen-bond donors (Lipinski definition) is 1. The van der Waals surface area contributed by atoms with Gasteiger partial charge in [-0.05, 0) is 55.7 Å². The van der Waals surface area contributed by atoms with E-state index in [-0.39, 0.29) is 11.6 Å². The minimum atomic E-state index is -0.422. The Morgan fingerprint density at radius 1 is 1.06 bits per heavy atom. The normalized spacial score (nSPS) is 11.9. The van der Waals surface area contributed by atoms with Gasteiger partial charge in [-0.15, -0.1) is 0 Å². The largest absolute Gasteiger partial charge is 0.322 e. The lowest BCUT2D eigenvalue weighted by Gasteiger charge is -2.31. The SMILES string of the molecule is CCCn1c(C(C)N(CCc2ccccc2)C(=O)Nc2cccc(Br)c2)nc2ccccc2c1=O. The number of urea groups is 1. The van der Waals surface area contributed by atoms with Crippen LogP contribution in [0.3, 0.4) is 0 Å². The van der Waals surface area contributed by atoms with Gasteiger partial charge in [-0.1, -0.05) is 71.4 Å². The summed E-state index contributed by atoms with van der Waals surface area (Å²) in [7, 11) is 0. The highest BCUT2D eigenvalue weighted by Gasteiger charge is 2.26. The zero-order valence-corrected chi connectivity index (χ0v) is 21.5. The topological polar surface area (TPSA) is 67.2 Å². The third-order valence-corrected chi connectivity index (χ3v) is 6.49. The number of nitrogens with one attached hydrogen (secondary N) is 1. The van der Waals surface area contributed by atoms with Gasteiger partial charge in [0.15, 0.2) is 0 Å². The number of amides is 2. The van der Waals surface area contributed by atoms with Crippen molar-refractivity contribution >= 4 is 38.6 Å². The molecule has 0 aliphatic heterocycles. The van der Waals surface area contributed by atoms with E-state index in [1.807, 2.05) is 74.5 Å². The monoisotopic (exact) mass is 532 g/mol. The van der Waals surface area contributed by atoms with Crippen LogP contribution in [-0.4, -0.2) is 27.0 Å². The first kappa shape index (κ1) is 24.7. The van der Waals surface area contributed by atoms with Crippen molar-refractivity contribution < 1.29 is 4.79 Å². The molecule has 0 fully saturated rings. The van der Waals surface area contributed by atoms with Gasteiger partial charge in [0.25, 0.3) is 5.56 Å². The summed E-state index contributed by atoms with van der Waals surface area (Å²) in [6, 6.07) is 24.3. The van der Waals surface area contributed by atoms with Crippen LogP contribution in [0.5, 0.6) is 0 Å². The van der Waals surface area contributed by atoms with E-state index < -0.39 is 6.04 Å². The van der Waals surface area contributed by atoms with Crippen molar-refractivity contribution in [3.8, 4) is 0 Å². The number of hydrogen-bond acceptors (Lipinski definition) is 3. The lowest BCUT2D eigenvalue weighted by Crippen LogP contribution is -2.41. The van der Waals surface area contributed by atoms with Gasteiger partial charge in [0.1, 0.15) is 5.82 Å². The van der Waals surface area contributed by atoms with E-state index in [4.69, 9.17) is 4.98 Å². The molecule has 1 atom stereocenters. The predicted molar refractivity (Wildman–Crippen MR) is 145 cm³/mol. The molecule has 0 radical (unpaired) electrons. The molecule has 4 aromatic rings. The molecule has 0 spiro atoms. The number of benzene rings is 3. The van der Waals surface area contributed by atoms with E-state index in [1.165, 1.54) is 0 Å². The number of anilines is 1. The Labute approximate surface area is 213 Å². The molecule has 0 saturated carbocycles. The van der Waals surface area contributed by atoms with E-state index in [1.54, 1.807) is 15.5 Å². The molecular formula is C28H29BrN4O2.